The number of hydrogen-bond donors (Lipinski definition) is 2. The fourth-order valence-corrected chi connectivity index (χ4v) is 3.58. The van der Waals surface area contributed by atoms with Crippen LogP contribution >= 0.6 is 0 Å². The van der Waals surface area contributed by atoms with Crippen LogP contribution in [0.15, 0.2) is 42.4 Å². The first-order chi connectivity index (χ1) is 14.4. The van der Waals surface area contributed by atoms with E-state index in [4.69, 9.17) is 18.9 Å². The van der Waals surface area contributed by atoms with Crippen LogP contribution in [0.4, 0.5) is 16.2 Å². The molecule has 0 atom stereocenters. The van der Waals surface area contributed by atoms with Crippen LogP contribution in [0.5, 0.6) is 5.75 Å². The second kappa shape index (κ2) is 7.98. The van der Waals surface area contributed by atoms with Crippen LogP contribution < -0.4 is 16.2 Å². The molecule has 0 unspecified atom stereocenters. The van der Waals surface area contributed by atoms with Gasteiger partial charge in [0.2, 0.25) is 5.95 Å². The number of aromatic nitrogens is 2. The topological polar surface area (TPSA) is 90.3 Å². The van der Waals surface area contributed by atoms with Gasteiger partial charge >= 0.3 is 0 Å². The first-order valence-electron chi connectivity index (χ1n) is 10.3. The van der Waals surface area contributed by atoms with Crippen LogP contribution in [-0.2, 0) is 6.54 Å². The van der Waals surface area contributed by atoms with Gasteiger partial charge in [0.25, 0.3) is 0 Å². The van der Waals surface area contributed by atoms with E-state index in [-0.39, 0.29) is 18.0 Å². The Morgan fingerprint density at radius 2 is 1.93 bits per heavy atom. The van der Waals surface area contributed by atoms with Gasteiger partial charge in [0.05, 0.1) is 20.3 Å². The van der Waals surface area contributed by atoms with Gasteiger partial charge in [-0.2, -0.15) is 4.98 Å². The number of halogens is 1. The maximum absolute atomic E-state index is 14.2. The monoisotopic (exact) mass is 385 g/mol. The van der Waals surface area contributed by atoms with E-state index in [0.717, 1.165) is 25.9 Å². The van der Waals surface area contributed by atoms with Crippen LogP contribution in [0.2, 0.25) is 0 Å². The first-order valence-corrected chi connectivity index (χ1v) is 9.34. The van der Waals surface area contributed by atoms with E-state index in [0.29, 0.717) is 47.1 Å². The standard InChI is InChI=1S/C21H24FN5O/c22-16-5-2-1-4-15(16)12-27-10-8-14(9-11-27)13-28-18-7-3-6-17-19(18)20(23)26-21(24)25-17/h1-7,14H,8-13H2,(H4,23,24,25,26)/i4T,5T. The van der Waals surface area contributed by atoms with E-state index >= 15 is 0 Å². The lowest BCUT2D eigenvalue weighted by Crippen LogP contribution is -2.35. The molecule has 1 saturated heterocycles. The quantitative estimate of drug-likeness (QED) is 0.701. The highest BCUT2D eigenvalue weighted by Crippen LogP contribution is 2.30. The van der Waals surface area contributed by atoms with Gasteiger partial charge in [0.1, 0.15) is 17.4 Å². The number of anilines is 2. The van der Waals surface area contributed by atoms with Crippen LogP contribution in [0.25, 0.3) is 10.9 Å². The minimum atomic E-state index is -0.593. The largest absolute Gasteiger partial charge is 0.492 e. The minimum absolute atomic E-state index is 0.132. The molecule has 0 saturated carbocycles. The van der Waals surface area contributed by atoms with E-state index in [1.54, 1.807) is 0 Å². The summed E-state index contributed by atoms with van der Waals surface area (Å²) in [6, 6.07) is 8.30. The van der Waals surface area contributed by atoms with Crippen LogP contribution in [0.1, 0.15) is 21.1 Å². The molecule has 1 aliphatic heterocycles. The molecule has 4 rings (SSSR count). The molecule has 28 heavy (non-hydrogen) atoms. The Bertz CT molecular complexity index is 1070. The molecule has 1 aliphatic rings. The van der Waals surface area contributed by atoms with Gasteiger partial charge in [-0.1, -0.05) is 24.2 Å². The number of likely N-dealkylation sites (tertiary alicyclic amines) is 1. The molecule has 2 aromatic carbocycles. The van der Waals surface area contributed by atoms with Crippen molar-refractivity contribution in [2.45, 2.75) is 19.4 Å². The third kappa shape index (κ3) is 3.99. The number of nitrogens with zero attached hydrogens (tertiary/aromatic N) is 3. The van der Waals surface area contributed by atoms with Gasteiger partial charge < -0.3 is 16.2 Å². The van der Waals surface area contributed by atoms with Gasteiger partial charge in [-0.25, -0.2) is 9.37 Å². The Balaban J connectivity index is 1.36. The Morgan fingerprint density at radius 1 is 1.14 bits per heavy atom. The Labute approximate surface area is 166 Å². The van der Waals surface area contributed by atoms with Crippen LogP contribution in [0.3, 0.4) is 0 Å². The molecule has 2 heterocycles. The summed E-state index contributed by atoms with van der Waals surface area (Å²) in [6.45, 7) is 2.46. The van der Waals surface area contributed by atoms with Crippen molar-refractivity contribution in [3.8, 4) is 5.75 Å². The van der Waals surface area contributed by atoms with Gasteiger partial charge in [-0.05, 0) is 50.0 Å². The van der Waals surface area contributed by atoms with E-state index in [1.165, 1.54) is 12.1 Å². The Hall–Kier alpha value is -2.93. The molecule has 1 fully saturated rings. The zero-order valence-corrected chi connectivity index (χ0v) is 15.5. The van der Waals surface area contributed by atoms with Crippen molar-refractivity contribution in [3.63, 3.8) is 0 Å². The van der Waals surface area contributed by atoms with Gasteiger partial charge in [-0.3, -0.25) is 4.90 Å². The van der Waals surface area contributed by atoms with Gasteiger partial charge in [0, 0.05) is 12.1 Å². The van der Waals surface area contributed by atoms with Crippen LogP contribution in [-0.4, -0.2) is 34.6 Å². The summed E-state index contributed by atoms with van der Waals surface area (Å²) in [5.41, 5.74) is 12.6. The van der Waals surface area contributed by atoms with Gasteiger partial charge in [0.15, 0.2) is 0 Å². The molecule has 3 aromatic rings. The molecule has 0 aliphatic carbocycles. The molecule has 4 N–H and O–H groups in total. The predicted octanol–water partition coefficient (Wildman–Crippen LogP) is 3.22. The molecule has 0 bridgehead atoms. The number of nitrogens with two attached hydrogens (primary N) is 2. The number of rotatable bonds is 5. The molecule has 0 spiro atoms. The summed E-state index contributed by atoms with van der Waals surface area (Å²) >= 11 is 0. The smallest absolute Gasteiger partial charge is 0.222 e. The van der Waals surface area contributed by atoms with Crippen molar-refractivity contribution in [2.24, 2.45) is 5.92 Å². The normalized spacial score (nSPS) is 16.8. The van der Waals surface area contributed by atoms with Crippen molar-refractivity contribution < 1.29 is 11.9 Å². The van der Waals surface area contributed by atoms with E-state index in [2.05, 4.69) is 14.9 Å². The fourth-order valence-electron chi connectivity index (χ4n) is 3.58. The van der Waals surface area contributed by atoms with Crippen molar-refractivity contribution in [1.82, 2.24) is 14.9 Å². The number of fused-ring (bicyclic) bond motifs is 1. The molecule has 0 amide bonds. The Kier molecular flexibility index (Phi) is 4.58. The first kappa shape index (κ1) is 16.1. The summed E-state index contributed by atoms with van der Waals surface area (Å²) in [7, 11) is 0. The molecule has 1 aromatic heterocycles. The SMILES string of the molecule is [3H]c1ccc([3H])c(CN2CCC(COc3cccc4nc(N)nc(N)c34)CC2)c1F. The second-order valence-corrected chi connectivity index (χ2v) is 7.06. The van der Waals surface area contributed by atoms with E-state index in [1.807, 2.05) is 18.2 Å². The maximum Gasteiger partial charge on any atom is 0.222 e. The maximum atomic E-state index is 14.2. The number of ether oxygens (including phenoxy) is 1. The molecule has 0 radical (unpaired) electrons. The molecule has 146 valence electrons. The number of piperidine rings is 1. The zero-order chi connectivity index (χ0) is 21.3. The molecular weight excluding hydrogens is 357 g/mol. The van der Waals surface area contributed by atoms with Crippen molar-refractivity contribution in [1.29, 1.82) is 0 Å². The lowest BCUT2D eigenvalue weighted by atomic mass is 9.97. The minimum Gasteiger partial charge on any atom is -0.492 e. The predicted molar refractivity (Wildman–Crippen MR) is 108 cm³/mol. The summed E-state index contributed by atoms with van der Waals surface area (Å²) in [5.74, 6) is 0.834. The fraction of sp³-hybridized carbons (Fsp3) is 0.333. The van der Waals surface area contributed by atoms with Crippen molar-refractivity contribution >= 4 is 22.7 Å². The average molecular weight is 385 g/mol. The average Bonchev–Trinajstić information content (AvgIpc) is 2.73. The Morgan fingerprint density at radius 3 is 2.75 bits per heavy atom. The second-order valence-electron chi connectivity index (χ2n) is 7.06. The van der Waals surface area contributed by atoms with Crippen molar-refractivity contribution in [2.75, 3.05) is 31.2 Å². The van der Waals surface area contributed by atoms with Gasteiger partial charge in [-0.15, -0.1) is 0 Å². The lowest BCUT2D eigenvalue weighted by Gasteiger charge is -2.32. The third-order valence-corrected chi connectivity index (χ3v) is 5.11. The number of benzene rings is 2. The highest BCUT2D eigenvalue weighted by Gasteiger charge is 2.21. The highest BCUT2D eigenvalue weighted by atomic mass is 19.1. The van der Waals surface area contributed by atoms with Crippen LogP contribution in [0, 0.1) is 11.7 Å². The number of hydrogen-bond acceptors (Lipinski definition) is 6. The lowest BCUT2D eigenvalue weighted by molar-refractivity contribution is 0.136. The molecule has 7 heteroatoms. The summed E-state index contributed by atoms with van der Waals surface area (Å²) in [6.07, 6.45) is 1.80. The summed E-state index contributed by atoms with van der Waals surface area (Å²) in [5, 5.41) is 0.665. The number of nitrogen functional groups attached to an aromatic ring is 2. The van der Waals surface area contributed by atoms with E-state index < -0.39 is 5.82 Å². The summed E-state index contributed by atoms with van der Waals surface area (Å²) < 4.78 is 35.8. The van der Waals surface area contributed by atoms with E-state index in [9.17, 15) is 4.39 Å². The van der Waals surface area contributed by atoms with Crippen molar-refractivity contribution in [3.05, 3.63) is 53.8 Å². The molecular formula is C21H24FN5O. The zero-order valence-electron chi connectivity index (χ0n) is 17.5. The highest BCUT2D eigenvalue weighted by molar-refractivity contribution is 5.94. The molecule has 6 nitrogen and oxygen atoms in total. The third-order valence-electron chi connectivity index (χ3n) is 5.11. The summed E-state index contributed by atoms with van der Waals surface area (Å²) in [4.78, 5) is 10.4.